The molecule has 4 nitrogen and oxygen atoms in total. The van der Waals surface area contributed by atoms with E-state index in [2.05, 4.69) is 46.0 Å². The molecular weight excluding hydrogens is 276 g/mol. The summed E-state index contributed by atoms with van der Waals surface area (Å²) in [5.41, 5.74) is 3.21. The molecule has 0 aromatic carbocycles. The molecule has 19 heavy (non-hydrogen) atoms. The highest BCUT2D eigenvalue weighted by Crippen LogP contribution is 2.28. The van der Waals surface area contributed by atoms with E-state index in [4.69, 9.17) is 12.2 Å². The second-order valence-corrected chi connectivity index (χ2v) is 5.98. The summed E-state index contributed by atoms with van der Waals surface area (Å²) in [7, 11) is 1.97. The number of aromatic nitrogens is 4. The Bertz CT molecular complexity index is 761. The average Bonchev–Trinajstić information content (AvgIpc) is 3.06. The number of aromatic amines is 1. The average molecular weight is 292 g/mol. The lowest BCUT2D eigenvalue weighted by molar-refractivity contribution is 0.628. The van der Waals surface area contributed by atoms with Gasteiger partial charge in [-0.25, -0.2) is 0 Å². The van der Waals surface area contributed by atoms with Crippen molar-refractivity contribution in [1.29, 1.82) is 0 Å². The zero-order chi connectivity index (χ0) is 13.6. The number of imidazole rings is 1. The first-order chi connectivity index (χ1) is 9.13. The highest BCUT2D eigenvalue weighted by molar-refractivity contribution is 7.71. The van der Waals surface area contributed by atoms with Crippen LogP contribution in [-0.2, 0) is 13.5 Å². The van der Waals surface area contributed by atoms with Gasteiger partial charge in [0.05, 0.1) is 11.7 Å². The number of thiophene rings is 1. The molecule has 100 valence electrons. The van der Waals surface area contributed by atoms with E-state index in [1.807, 2.05) is 11.7 Å². The molecule has 0 aliphatic carbocycles. The van der Waals surface area contributed by atoms with E-state index in [-0.39, 0.29) is 6.04 Å². The lowest BCUT2D eigenvalue weighted by atomic mass is 10.2. The molecule has 0 saturated carbocycles. The first kappa shape index (κ1) is 12.6. The molecule has 0 spiro atoms. The predicted molar refractivity (Wildman–Crippen MR) is 81.4 cm³/mol. The summed E-state index contributed by atoms with van der Waals surface area (Å²) in [6, 6.07) is 4.44. The third kappa shape index (κ3) is 1.86. The van der Waals surface area contributed by atoms with E-state index >= 15 is 0 Å². The molecule has 3 aromatic heterocycles. The van der Waals surface area contributed by atoms with Crippen molar-refractivity contribution in [2.24, 2.45) is 7.05 Å². The topological polar surface area (TPSA) is 38.5 Å². The molecule has 1 N–H and O–H groups in total. The molecule has 3 aromatic rings. The Hall–Kier alpha value is -1.40. The van der Waals surface area contributed by atoms with Crippen LogP contribution in [0.15, 0.2) is 17.5 Å². The fraction of sp³-hybridized carbons (Fsp3) is 0.385. The van der Waals surface area contributed by atoms with Crippen LogP contribution in [0.1, 0.15) is 30.5 Å². The molecule has 1 unspecified atom stereocenters. The van der Waals surface area contributed by atoms with Crippen molar-refractivity contribution in [2.45, 2.75) is 26.3 Å². The van der Waals surface area contributed by atoms with Gasteiger partial charge in [0.2, 0.25) is 0 Å². The fourth-order valence-electron chi connectivity index (χ4n) is 2.50. The Morgan fingerprint density at radius 2 is 2.32 bits per heavy atom. The second kappa shape index (κ2) is 4.61. The normalized spacial score (nSPS) is 13.2. The van der Waals surface area contributed by atoms with E-state index < -0.39 is 0 Å². The van der Waals surface area contributed by atoms with E-state index in [9.17, 15) is 0 Å². The van der Waals surface area contributed by atoms with E-state index in [1.165, 1.54) is 4.88 Å². The van der Waals surface area contributed by atoms with Gasteiger partial charge in [0.15, 0.2) is 10.4 Å². The summed E-state index contributed by atoms with van der Waals surface area (Å²) in [4.78, 5) is 4.61. The van der Waals surface area contributed by atoms with Gasteiger partial charge in [-0.15, -0.1) is 11.3 Å². The number of rotatable bonds is 3. The van der Waals surface area contributed by atoms with Crippen LogP contribution >= 0.6 is 23.6 Å². The number of nitrogens with zero attached hydrogens (tertiary/aromatic N) is 3. The van der Waals surface area contributed by atoms with Crippen molar-refractivity contribution >= 4 is 34.7 Å². The van der Waals surface area contributed by atoms with Crippen molar-refractivity contribution in [3.8, 4) is 0 Å². The molecule has 0 fully saturated rings. The van der Waals surface area contributed by atoms with Crippen LogP contribution < -0.4 is 0 Å². The van der Waals surface area contributed by atoms with Gasteiger partial charge in [0.1, 0.15) is 5.52 Å². The Kier molecular flexibility index (Phi) is 3.06. The van der Waals surface area contributed by atoms with Crippen LogP contribution in [0.3, 0.4) is 0 Å². The van der Waals surface area contributed by atoms with Crippen LogP contribution in [0.5, 0.6) is 0 Å². The highest BCUT2D eigenvalue weighted by Gasteiger charge is 2.19. The lowest BCUT2D eigenvalue weighted by Crippen LogP contribution is -2.08. The zero-order valence-corrected chi connectivity index (χ0v) is 12.8. The molecule has 0 aliphatic rings. The van der Waals surface area contributed by atoms with Crippen molar-refractivity contribution < 1.29 is 0 Å². The number of H-pyrrole nitrogens is 1. The maximum atomic E-state index is 5.49. The molecule has 3 rings (SSSR count). The highest BCUT2D eigenvalue weighted by atomic mass is 32.1. The summed E-state index contributed by atoms with van der Waals surface area (Å²) < 4.78 is 4.84. The first-order valence-electron chi connectivity index (χ1n) is 6.33. The lowest BCUT2D eigenvalue weighted by Gasteiger charge is -2.12. The minimum atomic E-state index is 0.223. The van der Waals surface area contributed by atoms with Crippen LogP contribution in [0.4, 0.5) is 0 Å². The standard InChI is InChI=1S/C13H16N4S2/c1-4-9-11-12(16(3)15-9)17(13(18)14-11)8(2)10-6-5-7-19-10/h5-8H,4H2,1-3H3,(H,14,18). The number of hydrogen-bond donors (Lipinski definition) is 1. The van der Waals surface area contributed by atoms with E-state index in [1.54, 1.807) is 11.3 Å². The quantitative estimate of drug-likeness (QED) is 0.748. The Balaban J connectivity index is 2.26. The molecule has 0 saturated heterocycles. The van der Waals surface area contributed by atoms with Gasteiger partial charge in [0.25, 0.3) is 0 Å². The van der Waals surface area contributed by atoms with Crippen molar-refractivity contribution in [3.05, 3.63) is 32.9 Å². The first-order valence-corrected chi connectivity index (χ1v) is 7.61. The minimum Gasteiger partial charge on any atom is -0.328 e. The summed E-state index contributed by atoms with van der Waals surface area (Å²) >= 11 is 7.25. The van der Waals surface area contributed by atoms with Gasteiger partial charge < -0.3 is 4.98 Å². The van der Waals surface area contributed by atoms with E-state index in [0.717, 1.165) is 28.0 Å². The molecule has 0 amide bonds. The Morgan fingerprint density at radius 3 is 2.95 bits per heavy atom. The van der Waals surface area contributed by atoms with Gasteiger partial charge in [-0.1, -0.05) is 13.0 Å². The van der Waals surface area contributed by atoms with Crippen molar-refractivity contribution in [3.63, 3.8) is 0 Å². The third-order valence-electron chi connectivity index (χ3n) is 3.45. The fourth-order valence-corrected chi connectivity index (χ4v) is 3.62. The second-order valence-electron chi connectivity index (χ2n) is 4.61. The van der Waals surface area contributed by atoms with Crippen molar-refractivity contribution in [1.82, 2.24) is 19.3 Å². The summed E-state index contributed by atoms with van der Waals surface area (Å²) in [5.74, 6) is 0. The maximum Gasteiger partial charge on any atom is 0.179 e. The SMILES string of the molecule is CCc1nn(C)c2c1[nH]c(=S)n2C(C)c1cccs1. The minimum absolute atomic E-state index is 0.223. The Labute approximate surface area is 120 Å². The van der Waals surface area contributed by atoms with Gasteiger partial charge in [-0.3, -0.25) is 9.25 Å². The van der Waals surface area contributed by atoms with Crippen LogP contribution in [0, 0.1) is 4.77 Å². The molecule has 6 heteroatoms. The van der Waals surface area contributed by atoms with Gasteiger partial charge >= 0.3 is 0 Å². The zero-order valence-electron chi connectivity index (χ0n) is 11.2. The summed E-state index contributed by atoms with van der Waals surface area (Å²) in [6.45, 7) is 4.28. The predicted octanol–water partition coefficient (Wildman–Crippen LogP) is 3.67. The largest absolute Gasteiger partial charge is 0.328 e. The molecule has 3 heterocycles. The molecular formula is C13H16N4S2. The third-order valence-corrected chi connectivity index (χ3v) is 4.79. The van der Waals surface area contributed by atoms with Gasteiger partial charge in [0, 0.05) is 11.9 Å². The molecule has 0 radical (unpaired) electrons. The number of aryl methyl sites for hydroxylation is 2. The molecule has 1 atom stereocenters. The maximum absolute atomic E-state index is 5.49. The number of fused-ring (bicyclic) bond motifs is 1. The summed E-state index contributed by atoms with van der Waals surface area (Å²) in [5, 5.41) is 6.65. The van der Waals surface area contributed by atoms with E-state index in [0.29, 0.717) is 0 Å². The number of hydrogen-bond acceptors (Lipinski definition) is 3. The van der Waals surface area contributed by atoms with Gasteiger partial charge in [-0.05, 0) is 37.0 Å². The van der Waals surface area contributed by atoms with Crippen LogP contribution in [-0.4, -0.2) is 19.3 Å². The van der Waals surface area contributed by atoms with Crippen molar-refractivity contribution in [2.75, 3.05) is 0 Å². The smallest absolute Gasteiger partial charge is 0.179 e. The van der Waals surface area contributed by atoms with Crippen LogP contribution in [0.25, 0.3) is 11.2 Å². The van der Waals surface area contributed by atoms with Crippen LogP contribution in [0.2, 0.25) is 0 Å². The molecule has 0 bridgehead atoms. The Morgan fingerprint density at radius 1 is 1.53 bits per heavy atom. The number of nitrogens with one attached hydrogen (secondary N) is 1. The van der Waals surface area contributed by atoms with Gasteiger partial charge in [-0.2, -0.15) is 5.10 Å². The summed E-state index contributed by atoms with van der Waals surface area (Å²) in [6.07, 6.45) is 0.903. The monoisotopic (exact) mass is 292 g/mol. The molecule has 0 aliphatic heterocycles.